The number of benzene rings is 4. The molecule has 2 heterocycles. The monoisotopic (exact) mass is 591 g/mol. The summed E-state index contributed by atoms with van der Waals surface area (Å²) >= 11 is 0. The average molecular weight is 592 g/mol. The number of hydrogen-bond acceptors (Lipinski definition) is 6. The first kappa shape index (κ1) is 28.7. The molecule has 1 aromatic heterocycles. The molecule has 1 aliphatic rings. The summed E-state index contributed by atoms with van der Waals surface area (Å²) in [6, 6.07) is 32.7. The SMILES string of the molecule is CC(=O)N(c1ccc(S(N)(=O)=O)cc1)C1CCCN(Cc2ccc(-c3nc4ccccc4nc3-c3ccccc3)cc2)C1. The topological polar surface area (TPSA) is 109 Å². The van der Waals surface area contributed by atoms with Crippen molar-refractivity contribution >= 4 is 32.7 Å². The fraction of sp³-hybridized carbons (Fsp3) is 0.206. The van der Waals surface area contributed by atoms with E-state index in [1.165, 1.54) is 17.7 Å². The lowest BCUT2D eigenvalue weighted by atomic mass is 10.0. The zero-order chi connectivity index (χ0) is 30.0. The fourth-order valence-electron chi connectivity index (χ4n) is 5.86. The predicted octanol–water partition coefficient (Wildman–Crippen LogP) is 5.63. The first-order valence-electron chi connectivity index (χ1n) is 14.3. The van der Waals surface area contributed by atoms with Crippen LogP contribution in [0.1, 0.15) is 25.3 Å². The summed E-state index contributed by atoms with van der Waals surface area (Å²) in [5, 5.41) is 5.25. The Morgan fingerprint density at radius 1 is 0.837 bits per heavy atom. The van der Waals surface area contributed by atoms with Crippen LogP contribution in [0.4, 0.5) is 5.69 Å². The second kappa shape index (κ2) is 12.0. The molecule has 0 bridgehead atoms. The van der Waals surface area contributed by atoms with Crippen LogP contribution in [0.25, 0.3) is 33.5 Å². The molecule has 4 aromatic carbocycles. The Labute approximate surface area is 251 Å². The van der Waals surface area contributed by atoms with E-state index >= 15 is 0 Å². The molecule has 1 fully saturated rings. The number of rotatable bonds is 7. The van der Waals surface area contributed by atoms with Gasteiger partial charge in [0.15, 0.2) is 0 Å². The minimum atomic E-state index is -3.80. The van der Waals surface area contributed by atoms with E-state index < -0.39 is 10.0 Å². The molecule has 43 heavy (non-hydrogen) atoms. The number of carbonyl (C=O) groups is 1. The summed E-state index contributed by atoms with van der Waals surface area (Å²) in [5.41, 5.74) is 7.29. The summed E-state index contributed by atoms with van der Waals surface area (Å²) in [6.07, 6.45) is 1.82. The van der Waals surface area contributed by atoms with Gasteiger partial charge in [0, 0.05) is 42.9 Å². The Balaban J connectivity index is 1.21. The van der Waals surface area contributed by atoms with Crippen molar-refractivity contribution in [2.24, 2.45) is 5.14 Å². The minimum Gasteiger partial charge on any atom is -0.308 e. The molecule has 1 saturated heterocycles. The molecule has 1 amide bonds. The number of carbonyl (C=O) groups excluding carboxylic acids is 1. The van der Waals surface area contributed by atoms with Crippen LogP contribution in [0.3, 0.4) is 0 Å². The molecular weight excluding hydrogens is 558 g/mol. The third kappa shape index (κ3) is 6.34. The number of piperidine rings is 1. The van der Waals surface area contributed by atoms with Crippen LogP contribution in [-0.2, 0) is 21.4 Å². The van der Waals surface area contributed by atoms with Crippen LogP contribution in [0.5, 0.6) is 0 Å². The summed E-state index contributed by atoms with van der Waals surface area (Å²) in [6.45, 7) is 3.95. The zero-order valence-electron chi connectivity index (χ0n) is 23.9. The number of sulfonamides is 1. The molecular formula is C34H33N5O3S. The van der Waals surface area contributed by atoms with Gasteiger partial charge in [-0.05, 0) is 61.3 Å². The van der Waals surface area contributed by atoms with Crippen molar-refractivity contribution in [1.82, 2.24) is 14.9 Å². The van der Waals surface area contributed by atoms with Crippen molar-refractivity contribution in [2.75, 3.05) is 18.0 Å². The third-order valence-corrected chi connectivity index (χ3v) is 8.81. The van der Waals surface area contributed by atoms with Crippen molar-refractivity contribution in [2.45, 2.75) is 37.2 Å². The number of para-hydroxylation sites is 2. The number of fused-ring (bicyclic) bond motifs is 1. The Morgan fingerprint density at radius 3 is 2.00 bits per heavy atom. The second-order valence-electron chi connectivity index (χ2n) is 10.9. The molecule has 1 aliphatic heterocycles. The van der Waals surface area contributed by atoms with Crippen LogP contribution in [0.2, 0.25) is 0 Å². The fourth-order valence-corrected chi connectivity index (χ4v) is 6.37. The lowest BCUT2D eigenvalue weighted by molar-refractivity contribution is -0.117. The Hall–Kier alpha value is -4.44. The van der Waals surface area contributed by atoms with Crippen molar-refractivity contribution < 1.29 is 13.2 Å². The van der Waals surface area contributed by atoms with Crippen LogP contribution >= 0.6 is 0 Å². The van der Waals surface area contributed by atoms with E-state index in [0.29, 0.717) is 12.2 Å². The van der Waals surface area contributed by atoms with E-state index in [1.807, 2.05) is 42.5 Å². The molecule has 218 valence electrons. The van der Waals surface area contributed by atoms with Gasteiger partial charge >= 0.3 is 0 Å². The van der Waals surface area contributed by atoms with Gasteiger partial charge in [0.05, 0.1) is 27.3 Å². The normalized spacial score (nSPS) is 15.8. The summed E-state index contributed by atoms with van der Waals surface area (Å²) in [7, 11) is -3.80. The molecule has 2 N–H and O–H groups in total. The second-order valence-corrected chi connectivity index (χ2v) is 12.5. The van der Waals surface area contributed by atoms with Gasteiger partial charge in [0.2, 0.25) is 15.9 Å². The van der Waals surface area contributed by atoms with Gasteiger partial charge in [-0.25, -0.2) is 23.5 Å². The van der Waals surface area contributed by atoms with Crippen molar-refractivity contribution in [3.05, 3.63) is 109 Å². The van der Waals surface area contributed by atoms with Gasteiger partial charge in [-0.15, -0.1) is 0 Å². The molecule has 6 rings (SSSR count). The maximum Gasteiger partial charge on any atom is 0.238 e. The summed E-state index contributed by atoms with van der Waals surface area (Å²) in [5.74, 6) is -0.0785. The van der Waals surface area contributed by atoms with Crippen LogP contribution in [0.15, 0.2) is 108 Å². The number of aromatic nitrogens is 2. The number of likely N-dealkylation sites (tertiary alicyclic amines) is 1. The van der Waals surface area contributed by atoms with E-state index in [-0.39, 0.29) is 16.8 Å². The number of amides is 1. The van der Waals surface area contributed by atoms with E-state index in [1.54, 1.807) is 24.0 Å². The number of primary sulfonamides is 1. The van der Waals surface area contributed by atoms with Gasteiger partial charge in [-0.2, -0.15) is 0 Å². The standard InChI is InChI=1S/C34H33N5O3S/c1-24(40)39(28-17-19-30(20-18-28)43(35,41)42)29-10-7-21-38(23-29)22-25-13-15-27(16-14-25)34-33(26-8-3-2-4-9-26)36-31-11-5-6-12-32(31)37-34/h2-6,8-9,11-20,29H,7,10,21-23H2,1H3,(H2,35,41,42). The first-order valence-corrected chi connectivity index (χ1v) is 15.9. The molecule has 9 heteroatoms. The van der Waals surface area contributed by atoms with Gasteiger partial charge in [0.1, 0.15) is 0 Å². The highest BCUT2D eigenvalue weighted by atomic mass is 32.2. The third-order valence-electron chi connectivity index (χ3n) is 7.88. The van der Waals surface area contributed by atoms with Gasteiger partial charge < -0.3 is 4.90 Å². The molecule has 8 nitrogen and oxygen atoms in total. The number of anilines is 1. The molecule has 0 saturated carbocycles. The molecule has 0 radical (unpaired) electrons. The number of nitrogens with two attached hydrogens (primary N) is 1. The minimum absolute atomic E-state index is 0.0211. The molecule has 1 unspecified atom stereocenters. The molecule has 1 atom stereocenters. The molecule has 0 spiro atoms. The molecule has 0 aliphatic carbocycles. The maximum absolute atomic E-state index is 12.7. The quantitative estimate of drug-likeness (QED) is 0.263. The number of hydrogen-bond donors (Lipinski definition) is 1. The van der Waals surface area contributed by atoms with Crippen LogP contribution < -0.4 is 10.0 Å². The highest BCUT2D eigenvalue weighted by molar-refractivity contribution is 7.89. The average Bonchev–Trinajstić information content (AvgIpc) is 3.01. The number of nitrogens with zero attached hydrogens (tertiary/aromatic N) is 4. The zero-order valence-corrected chi connectivity index (χ0v) is 24.7. The van der Waals surface area contributed by atoms with Crippen LogP contribution in [0, 0.1) is 0 Å². The van der Waals surface area contributed by atoms with Gasteiger partial charge in [-0.1, -0.05) is 66.7 Å². The summed E-state index contributed by atoms with van der Waals surface area (Å²) < 4.78 is 23.4. The van der Waals surface area contributed by atoms with Crippen molar-refractivity contribution in [1.29, 1.82) is 0 Å². The maximum atomic E-state index is 12.7. The summed E-state index contributed by atoms with van der Waals surface area (Å²) in [4.78, 5) is 26.9. The first-order chi connectivity index (χ1) is 20.8. The smallest absolute Gasteiger partial charge is 0.238 e. The Morgan fingerprint density at radius 2 is 1.42 bits per heavy atom. The predicted molar refractivity (Wildman–Crippen MR) is 170 cm³/mol. The van der Waals surface area contributed by atoms with Crippen molar-refractivity contribution in [3.63, 3.8) is 0 Å². The van der Waals surface area contributed by atoms with Gasteiger partial charge in [0.25, 0.3) is 0 Å². The van der Waals surface area contributed by atoms with Crippen molar-refractivity contribution in [3.8, 4) is 22.5 Å². The highest BCUT2D eigenvalue weighted by Gasteiger charge is 2.28. The highest BCUT2D eigenvalue weighted by Crippen LogP contribution is 2.32. The van der Waals surface area contributed by atoms with E-state index in [2.05, 4.69) is 41.3 Å². The van der Waals surface area contributed by atoms with Crippen LogP contribution in [-0.4, -0.2) is 48.3 Å². The van der Waals surface area contributed by atoms with E-state index in [0.717, 1.165) is 59.5 Å². The van der Waals surface area contributed by atoms with Gasteiger partial charge in [-0.3, -0.25) is 9.69 Å². The van der Waals surface area contributed by atoms with E-state index in [9.17, 15) is 13.2 Å². The lowest BCUT2D eigenvalue weighted by Crippen LogP contribution is -2.49. The molecule has 5 aromatic rings. The Kier molecular flexibility index (Phi) is 8.03. The van der Waals surface area contributed by atoms with E-state index in [4.69, 9.17) is 15.1 Å². The Bertz CT molecular complexity index is 1860. The largest absolute Gasteiger partial charge is 0.308 e. The lowest BCUT2D eigenvalue weighted by Gasteiger charge is -2.39.